The minimum Gasteiger partial charge on any atom is -0.414 e. The molecular formula is C54H88N6O16S2Si4. The first-order valence-corrected chi connectivity index (χ1v) is 41.9. The van der Waals surface area contributed by atoms with Gasteiger partial charge in [0.1, 0.15) is 24.4 Å². The highest BCUT2D eigenvalue weighted by Gasteiger charge is 2.69. The van der Waals surface area contributed by atoms with Gasteiger partial charge < -0.3 is 38.6 Å². The number of ether oxygens (including phenoxy) is 2. The minimum atomic E-state index is -4.38. The number of nitrogens with two attached hydrogens (primary N) is 2. The lowest BCUT2D eigenvalue weighted by molar-refractivity contribution is -0.0567. The molecule has 4 aliphatic heterocycles. The molecule has 0 bridgehead atoms. The van der Waals surface area contributed by atoms with Crippen molar-refractivity contribution in [3.63, 3.8) is 0 Å². The Morgan fingerprint density at radius 2 is 0.829 bits per heavy atom. The number of hydrogen-bond acceptors (Lipinski definition) is 18. The first-order valence-electron chi connectivity index (χ1n) is 27.3. The van der Waals surface area contributed by atoms with Crippen LogP contribution >= 0.6 is 0 Å². The van der Waals surface area contributed by atoms with Crippen molar-refractivity contribution >= 4 is 53.5 Å². The first kappa shape index (κ1) is 67.1. The molecule has 458 valence electrons. The normalized spacial score (nSPS) is 26.9. The molecule has 28 heteroatoms. The lowest BCUT2D eigenvalue weighted by Gasteiger charge is -2.43. The molecule has 4 aliphatic rings. The lowest BCUT2D eigenvalue weighted by atomic mass is 9.89. The summed E-state index contributed by atoms with van der Waals surface area (Å²) in [5.41, 5.74) is 6.15. The van der Waals surface area contributed by atoms with E-state index in [9.17, 15) is 36.0 Å². The molecule has 22 nitrogen and oxygen atoms in total. The van der Waals surface area contributed by atoms with Crippen molar-refractivity contribution in [2.24, 2.45) is 11.5 Å². The molecule has 0 radical (unpaired) electrons. The van der Waals surface area contributed by atoms with E-state index in [0.717, 1.165) is 29.1 Å². The number of rotatable bonds is 14. The highest BCUT2D eigenvalue weighted by Crippen LogP contribution is 2.54. The van der Waals surface area contributed by atoms with Gasteiger partial charge in [0, 0.05) is 23.5 Å². The van der Waals surface area contributed by atoms with E-state index in [4.69, 9.17) is 47.0 Å². The van der Waals surface area contributed by atoms with E-state index in [1.165, 1.54) is 26.2 Å². The summed E-state index contributed by atoms with van der Waals surface area (Å²) >= 11 is 0. The van der Waals surface area contributed by atoms with Crippen molar-refractivity contribution in [2.75, 3.05) is 13.2 Å². The molecule has 2 aromatic rings. The van der Waals surface area contributed by atoms with Crippen molar-refractivity contribution in [1.82, 2.24) is 18.3 Å². The van der Waals surface area contributed by atoms with Crippen LogP contribution in [0.2, 0.25) is 72.5 Å². The lowest BCUT2D eigenvalue weighted by Crippen LogP contribution is -2.59. The zero-order valence-electron chi connectivity index (χ0n) is 51.9. The molecule has 4 N–H and O–H groups in total. The van der Waals surface area contributed by atoms with Crippen LogP contribution in [0.25, 0.3) is 0 Å². The number of nitrogens with zero attached hydrogens (tertiary/aromatic N) is 4. The Morgan fingerprint density at radius 3 is 1.09 bits per heavy atom. The Hall–Kier alpha value is -3.99. The van der Waals surface area contributed by atoms with Crippen LogP contribution in [0.4, 0.5) is 0 Å². The molecule has 0 aliphatic carbocycles. The molecule has 2 aromatic heterocycles. The number of hydrogen-bond donors (Lipinski definition) is 2. The van der Waals surface area contributed by atoms with E-state index in [0.29, 0.717) is 0 Å². The van der Waals surface area contributed by atoms with Gasteiger partial charge >= 0.3 is 11.4 Å². The molecule has 0 amide bonds. The monoisotopic (exact) mass is 1250 g/mol. The second-order valence-corrected chi connectivity index (χ2v) is 50.0. The predicted molar refractivity (Wildman–Crippen MR) is 323 cm³/mol. The fraction of sp³-hybridized carbons (Fsp3) is 0.704. The van der Waals surface area contributed by atoms with Gasteiger partial charge in [0.05, 0.1) is 48.5 Å². The predicted octanol–water partition coefficient (Wildman–Crippen LogP) is 6.07. The van der Waals surface area contributed by atoms with E-state index < -0.39 is 147 Å². The number of aryl methyl sites for hydroxylation is 2. The topological polar surface area (TPSA) is 282 Å². The minimum absolute atomic E-state index is 0.110. The zero-order chi connectivity index (χ0) is 62.5. The van der Waals surface area contributed by atoms with Crippen LogP contribution < -0.4 is 34.0 Å². The van der Waals surface area contributed by atoms with Crippen LogP contribution in [0.5, 0.6) is 0 Å². The van der Waals surface area contributed by atoms with Gasteiger partial charge in [-0.25, -0.2) is 27.1 Å². The molecule has 82 heavy (non-hydrogen) atoms. The molecule has 2 spiro atoms. The SMILES string of the molecule is Cc1cn([C@@H]2O[C@H](CO[Si](C)(C)C(C)(C)C)C3(OS(=O)(=O)C=C3N)[C@H]2O[Si](C)(C)C(C)(C)C)c(=O)n(CC#CC#CCn2c(=O)c(C)cn([C@@H]3O[C@H](CO[Si](C)(C)C(C)(C)C)C4(OS(=O)(=O)C=C4N)[C@H]3O[Si](C)(C)C(C)(C)C)c2=O)c1=O. The Balaban J connectivity index is 1.39. The Kier molecular flexibility index (Phi) is 18.1. The van der Waals surface area contributed by atoms with Gasteiger partial charge in [0.25, 0.3) is 31.4 Å². The summed E-state index contributed by atoms with van der Waals surface area (Å²) in [5, 5.41) is 0.274. The smallest absolute Gasteiger partial charge is 0.334 e. The summed E-state index contributed by atoms with van der Waals surface area (Å²) in [6.07, 6.45) is -5.25. The number of aromatic nitrogens is 4. The van der Waals surface area contributed by atoms with Gasteiger partial charge in [-0.1, -0.05) is 94.9 Å². The largest absolute Gasteiger partial charge is 0.414 e. The van der Waals surface area contributed by atoms with Gasteiger partial charge in [-0.2, -0.15) is 16.8 Å². The second kappa shape index (κ2) is 22.1. The molecular weight excluding hydrogens is 1170 g/mol. The second-order valence-electron chi connectivity index (χ2n) is 28.0. The Labute approximate surface area is 488 Å². The molecule has 8 atom stereocenters. The summed E-state index contributed by atoms with van der Waals surface area (Å²) in [4.78, 5) is 57.0. The van der Waals surface area contributed by atoms with Gasteiger partial charge in [-0.15, -0.1) is 0 Å². The fourth-order valence-electron chi connectivity index (χ4n) is 8.91. The van der Waals surface area contributed by atoms with Crippen molar-refractivity contribution in [2.45, 2.75) is 231 Å². The van der Waals surface area contributed by atoms with Crippen molar-refractivity contribution in [3.8, 4) is 23.7 Å². The average molecular weight is 1250 g/mol. The van der Waals surface area contributed by atoms with Crippen molar-refractivity contribution in [1.29, 1.82) is 0 Å². The van der Waals surface area contributed by atoms with E-state index in [1.54, 1.807) is 0 Å². The van der Waals surface area contributed by atoms with E-state index in [2.05, 4.69) is 65.2 Å². The van der Waals surface area contributed by atoms with E-state index in [-0.39, 0.29) is 45.8 Å². The first-order chi connectivity index (χ1) is 36.9. The molecule has 2 saturated heterocycles. The third kappa shape index (κ3) is 12.5. The summed E-state index contributed by atoms with van der Waals surface area (Å²) in [6.45, 7) is 41.9. The van der Waals surface area contributed by atoms with Gasteiger partial charge in [0.2, 0.25) is 0 Å². The third-order valence-electron chi connectivity index (χ3n) is 18.1. The summed E-state index contributed by atoms with van der Waals surface area (Å²) in [6, 6.07) is 0. The van der Waals surface area contributed by atoms with Crippen molar-refractivity contribution in [3.05, 3.63) is 87.4 Å². The molecule has 0 aromatic carbocycles. The van der Waals surface area contributed by atoms with Crippen LogP contribution in [0.15, 0.2) is 53.8 Å². The molecule has 0 saturated carbocycles. The van der Waals surface area contributed by atoms with Crippen LogP contribution in [0.3, 0.4) is 0 Å². The highest BCUT2D eigenvalue weighted by molar-refractivity contribution is 7.90. The molecule has 2 fully saturated rings. The zero-order valence-corrected chi connectivity index (χ0v) is 57.5. The van der Waals surface area contributed by atoms with Crippen LogP contribution in [0, 0.1) is 37.5 Å². The summed E-state index contributed by atoms with van der Waals surface area (Å²) in [5.74, 6) is 10.7. The maximum atomic E-state index is 14.7. The van der Waals surface area contributed by atoms with Crippen LogP contribution in [0.1, 0.15) is 107 Å². The standard InChI is InChI=1S/C54H88N6O16S2Si4/c1-35-29-59(45-41(73-81(19,20)51(9,10)11)53(37(55)33-77(65,66)75-53)39(71-45)31-69-79(15,16)49(3,4)5)47(63)57(43(35)61)27-25-23-24-26-28-58-44(62)36(2)30-60(48(58)64)46-42(74-82(21,22)52(12,13)14)54(38(56)34-78(67,68)76-54)40(72-46)32-70-80(17,18)50(6,7)8/h29-30,33-34,39-42,45-46H,27-28,31-32,55-56H2,1-22H3/t39-,40-,41+,42+,45-,46-,53?,54?/m1/s1. The molecule has 6 heterocycles. The Morgan fingerprint density at radius 1 is 0.537 bits per heavy atom. The highest BCUT2D eigenvalue weighted by atomic mass is 32.2. The average Bonchev–Trinajstić information content (AvgIpc) is 4.13. The fourth-order valence-corrected chi connectivity index (χ4v) is 15.9. The van der Waals surface area contributed by atoms with Gasteiger partial charge in [-0.05, 0) is 98.2 Å². The van der Waals surface area contributed by atoms with E-state index in [1.807, 2.05) is 93.9 Å². The Bertz CT molecular complexity index is 3310. The third-order valence-corrected chi connectivity index (χ3v) is 38.1. The maximum Gasteiger partial charge on any atom is 0.334 e. The van der Waals surface area contributed by atoms with Crippen molar-refractivity contribution < 1.29 is 52.4 Å². The van der Waals surface area contributed by atoms with E-state index >= 15 is 0 Å². The van der Waals surface area contributed by atoms with Gasteiger partial charge in [0.15, 0.2) is 56.9 Å². The molecule has 2 unspecified atom stereocenters. The molecule has 6 rings (SSSR count). The quantitative estimate of drug-likeness (QED) is 0.123. The van der Waals surface area contributed by atoms with Crippen LogP contribution in [-0.4, -0.2) is 117 Å². The summed E-state index contributed by atoms with van der Waals surface area (Å²) < 4.78 is 110. The summed E-state index contributed by atoms with van der Waals surface area (Å²) in [7, 11) is -19.6. The van der Waals surface area contributed by atoms with Crippen LogP contribution in [-0.2, 0) is 68.9 Å². The van der Waals surface area contributed by atoms with Gasteiger partial charge in [-0.3, -0.25) is 18.7 Å². The maximum absolute atomic E-state index is 14.7.